The van der Waals surface area contributed by atoms with Gasteiger partial charge in [0.25, 0.3) is 0 Å². The van der Waals surface area contributed by atoms with E-state index in [1.807, 2.05) is 13.0 Å². The van der Waals surface area contributed by atoms with Gasteiger partial charge in [-0.2, -0.15) is 9.57 Å². The van der Waals surface area contributed by atoms with Crippen LogP contribution in [0.5, 0.6) is 0 Å². The lowest BCUT2D eigenvalue weighted by molar-refractivity contribution is 0.349. The van der Waals surface area contributed by atoms with E-state index in [-0.39, 0.29) is 20.9 Å². The maximum atomic E-state index is 12.6. The van der Waals surface area contributed by atoms with E-state index in [1.165, 1.54) is 22.5 Å². The van der Waals surface area contributed by atoms with Crippen LogP contribution in [0.25, 0.3) is 0 Å². The second kappa shape index (κ2) is 5.34. The third-order valence-electron chi connectivity index (χ3n) is 3.72. The molecule has 0 saturated carbocycles. The number of nitrogens with zero attached hydrogens (tertiary/aromatic N) is 2. The molecule has 0 spiro atoms. The summed E-state index contributed by atoms with van der Waals surface area (Å²) in [5.41, 5.74) is 5.48. The van der Waals surface area contributed by atoms with Crippen LogP contribution < -0.4 is 5.73 Å². The van der Waals surface area contributed by atoms with Gasteiger partial charge in [0, 0.05) is 13.1 Å². The molecule has 2 rings (SSSR count). The van der Waals surface area contributed by atoms with Crippen molar-refractivity contribution in [3.8, 4) is 6.07 Å². The zero-order valence-electron chi connectivity index (χ0n) is 11.1. The molecule has 20 heavy (non-hydrogen) atoms. The average molecular weight is 314 g/mol. The number of hydrogen-bond acceptors (Lipinski definition) is 4. The predicted molar refractivity (Wildman–Crippen MR) is 76.7 cm³/mol. The Morgan fingerprint density at radius 1 is 1.55 bits per heavy atom. The first-order valence-electron chi connectivity index (χ1n) is 6.23. The van der Waals surface area contributed by atoms with E-state index in [0.29, 0.717) is 26.1 Å². The normalized spacial score (nSPS) is 23.7. The van der Waals surface area contributed by atoms with E-state index in [4.69, 9.17) is 22.6 Å². The van der Waals surface area contributed by atoms with Gasteiger partial charge in [0.2, 0.25) is 10.0 Å². The minimum Gasteiger partial charge on any atom is -0.330 e. The molecule has 7 heteroatoms. The van der Waals surface area contributed by atoms with E-state index in [2.05, 4.69) is 0 Å². The summed E-state index contributed by atoms with van der Waals surface area (Å²) in [6.07, 6.45) is 0.713. The number of nitriles is 1. The monoisotopic (exact) mass is 313 g/mol. The maximum absolute atomic E-state index is 12.6. The van der Waals surface area contributed by atoms with Crippen molar-refractivity contribution in [2.24, 2.45) is 11.1 Å². The Hall–Kier alpha value is -1.13. The molecule has 0 amide bonds. The molecule has 0 aliphatic carbocycles. The smallest absolute Gasteiger partial charge is 0.244 e. The van der Waals surface area contributed by atoms with Crippen molar-refractivity contribution in [1.29, 1.82) is 5.26 Å². The SMILES string of the molecule is CC1(CN)CCN(S(=O)(=O)c2cccc(Cl)c2C#N)C1. The van der Waals surface area contributed by atoms with Crippen LogP contribution in [0.4, 0.5) is 0 Å². The van der Waals surface area contributed by atoms with Gasteiger partial charge in [0.15, 0.2) is 0 Å². The molecular formula is C13H16ClN3O2S. The van der Waals surface area contributed by atoms with Crippen molar-refractivity contribution in [3.63, 3.8) is 0 Å². The maximum Gasteiger partial charge on any atom is 0.244 e. The Labute approximate surface area is 124 Å². The predicted octanol–water partition coefficient (Wildman–Crippen LogP) is 1.57. The molecule has 1 heterocycles. The van der Waals surface area contributed by atoms with Gasteiger partial charge in [0.1, 0.15) is 11.0 Å². The third kappa shape index (κ3) is 2.54. The largest absolute Gasteiger partial charge is 0.330 e. The molecule has 108 valence electrons. The van der Waals surface area contributed by atoms with E-state index in [0.717, 1.165) is 0 Å². The Bertz CT molecular complexity index is 669. The summed E-state index contributed by atoms with van der Waals surface area (Å²) in [5, 5.41) is 9.26. The molecular weight excluding hydrogens is 298 g/mol. The van der Waals surface area contributed by atoms with Gasteiger partial charge >= 0.3 is 0 Å². The highest BCUT2D eigenvalue weighted by atomic mass is 35.5. The number of sulfonamides is 1. The van der Waals surface area contributed by atoms with Crippen LogP contribution in [0.15, 0.2) is 23.1 Å². The van der Waals surface area contributed by atoms with E-state index in [9.17, 15) is 8.42 Å². The zero-order chi connectivity index (χ0) is 15.0. The summed E-state index contributed by atoms with van der Waals surface area (Å²) in [6.45, 7) is 3.17. The van der Waals surface area contributed by atoms with Gasteiger partial charge in [-0.05, 0) is 30.5 Å². The quantitative estimate of drug-likeness (QED) is 0.917. The van der Waals surface area contributed by atoms with Crippen LogP contribution >= 0.6 is 11.6 Å². The fourth-order valence-corrected chi connectivity index (χ4v) is 4.35. The molecule has 1 aromatic rings. The van der Waals surface area contributed by atoms with Crippen LogP contribution in [0.2, 0.25) is 5.02 Å². The lowest BCUT2D eigenvalue weighted by Gasteiger charge is -2.22. The number of hydrogen-bond donors (Lipinski definition) is 1. The molecule has 0 radical (unpaired) electrons. The molecule has 1 fully saturated rings. The molecule has 1 atom stereocenters. The van der Waals surface area contributed by atoms with Gasteiger partial charge in [-0.3, -0.25) is 0 Å². The third-order valence-corrected chi connectivity index (χ3v) is 5.92. The molecule has 5 nitrogen and oxygen atoms in total. The summed E-state index contributed by atoms with van der Waals surface area (Å²) in [7, 11) is -3.71. The Morgan fingerprint density at radius 2 is 2.25 bits per heavy atom. The zero-order valence-corrected chi connectivity index (χ0v) is 12.7. The Kier molecular flexibility index (Phi) is 4.07. The van der Waals surface area contributed by atoms with Crippen molar-refractivity contribution in [2.75, 3.05) is 19.6 Å². The highest BCUT2D eigenvalue weighted by Crippen LogP contribution is 2.34. The van der Waals surface area contributed by atoms with Gasteiger partial charge < -0.3 is 5.73 Å². The summed E-state index contributed by atoms with van der Waals surface area (Å²) < 4.78 is 26.7. The van der Waals surface area contributed by atoms with Crippen molar-refractivity contribution < 1.29 is 8.42 Å². The molecule has 1 saturated heterocycles. The van der Waals surface area contributed by atoms with Gasteiger partial charge in [0.05, 0.1) is 10.6 Å². The lowest BCUT2D eigenvalue weighted by atomic mass is 9.90. The van der Waals surface area contributed by atoms with Gasteiger partial charge in [-0.1, -0.05) is 24.6 Å². The number of halogens is 1. The highest BCUT2D eigenvalue weighted by Gasteiger charge is 2.39. The summed E-state index contributed by atoms with van der Waals surface area (Å²) >= 11 is 5.90. The van der Waals surface area contributed by atoms with Crippen molar-refractivity contribution in [3.05, 3.63) is 28.8 Å². The molecule has 1 aliphatic rings. The second-order valence-corrected chi connectivity index (χ2v) is 7.64. The van der Waals surface area contributed by atoms with E-state index < -0.39 is 10.0 Å². The topological polar surface area (TPSA) is 87.2 Å². The first-order chi connectivity index (χ1) is 9.34. The molecule has 1 unspecified atom stereocenters. The Balaban J connectivity index is 2.43. The van der Waals surface area contributed by atoms with Crippen LogP contribution in [-0.2, 0) is 10.0 Å². The summed E-state index contributed by atoms with van der Waals surface area (Å²) in [6, 6.07) is 6.32. The van der Waals surface area contributed by atoms with Crippen LogP contribution in [0, 0.1) is 16.7 Å². The average Bonchev–Trinajstić information content (AvgIpc) is 2.82. The van der Waals surface area contributed by atoms with E-state index >= 15 is 0 Å². The molecule has 0 bridgehead atoms. The van der Waals surface area contributed by atoms with Crippen LogP contribution in [0.3, 0.4) is 0 Å². The first-order valence-corrected chi connectivity index (χ1v) is 8.05. The fraction of sp³-hybridized carbons (Fsp3) is 0.462. The minimum atomic E-state index is -3.71. The first kappa shape index (κ1) is 15.3. The number of nitrogens with two attached hydrogens (primary N) is 1. The minimum absolute atomic E-state index is 0.00415. The summed E-state index contributed by atoms with van der Waals surface area (Å²) in [4.78, 5) is -0.0335. The van der Waals surface area contributed by atoms with Crippen molar-refractivity contribution >= 4 is 21.6 Å². The molecule has 2 N–H and O–H groups in total. The number of rotatable bonds is 3. The summed E-state index contributed by atoms with van der Waals surface area (Å²) in [5.74, 6) is 0. The van der Waals surface area contributed by atoms with E-state index in [1.54, 1.807) is 0 Å². The lowest BCUT2D eigenvalue weighted by Crippen LogP contribution is -2.34. The van der Waals surface area contributed by atoms with Gasteiger partial charge in [-0.15, -0.1) is 0 Å². The molecule has 1 aromatic carbocycles. The highest BCUT2D eigenvalue weighted by molar-refractivity contribution is 7.89. The fourth-order valence-electron chi connectivity index (χ4n) is 2.32. The van der Waals surface area contributed by atoms with Crippen LogP contribution in [0.1, 0.15) is 18.9 Å². The van der Waals surface area contributed by atoms with Gasteiger partial charge in [-0.25, -0.2) is 8.42 Å². The molecule has 1 aliphatic heterocycles. The standard InChI is InChI=1S/C13H16ClN3O2S/c1-13(8-16)5-6-17(9-13)20(18,19)12-4-2-3-11(14)10(12)7-15/h2-4H,5-6,8-9,16H2,1H3. The van der Waals surface area contributed by atoms with Crippen LogP contribution in [-0.4, -0.2) is 32.4 Å². The second-order valence-electron chi connectivity index (χ2n) is 5.33. The number of benzene rings is 1. The molecule has 0 aromatic heterocycles. The van der Waals surface area contributed by atoms with Crippen molar-refractivity contribution in [2.45, 2.75) is 18.2 Å². The van der Waals surface area contributed by atoms with Crippen molar-refractivity contribution in [1.82, 2.24) is 4.31 Å². The Morgan fingerprint density at radius 3 is 2.80 bits per heavy atom.